The summed E-state index contributed by atoms with van der Waals surface area (Å²) in [6.45, 7) is 10.1. The van der Waals surface area contributed by atoms with Gasteiger partial charge in [-0.25, -0.2) is 9.18 Å². The molecule has 0 spiro atoms. The SMILES string of the molecule is CC(C)(C)NC(=O)N1CCN(CCN2C(=O)CSC2c2ccccc2F)CC1. The summed E-state index contributed by atoms with van der Waals surface area (Å²) in [5, 5.41) is 2.74. The predicted octanol–water partition coefficient (Wildman–Crippen LogP) is 2.53. The van der Waals surface area contributed by atoms with Gasteiger partial charge in [0.1, 0.15) is 11.2 Å². The van der Waals surface area contributed by atoms with Crippen LogP contribution in [0.1, 0.15) is 31.7 Å². The van der Waals surface area contributed by atoms with Crippen LogP contribution in [-0.4, -0.2) is 77.2 Å². The van der Waals surface area contributed by atoms with Gasteiger partial charge >= 0.3 is 6.03 Å². The van der Waals surface area contributed by atoms with Gasteiger partial charge < -0.3 is 15.1 Å². The Morgan fingerprint density at radius 3 is 2.50 bits per heavy atom. The van der Waals surface area contributed by atoms with Crippen molar-refractivity contribution in [1.82, 2.24) is 20.0 Å². The first-order chi connectivity index (χ1) is 13.2. The summed E-state index contributed by atoms with van der Waals surface area (Å²) >= 11 is 1.48. The van der Waals surface area contributed by atoms with Crippen LogP contribution < -0.4 is 5.32 Å². The van der Waals surface area contributed by atoms with Crippen molar-refractivity contribution in [1.29, 1.82) is 0 Å². The number of benzene rings is 1. The summed E-state index contributed by atoms with van der Waals surface area (Å²) in [6, 6.07) is 6.64. The van der Waals surface area contributed by atoms with Gasteiger partial charge in [-0.05, 0) is 26.8 Å². The van der Waals surface area contributed by atoms with Gasteiger partial charge in [-0.3, -0.25) is 9.69 Å². The number of thioether (sulfide) groups is 1. The maximum Gasteiger partial charge on any atom is 0.317 e. The first kappa shape index (κ1) is 20.9. The zero-order valence-electron chi connectivity index (χ0n) is 16.8. The van der Waals surface area contributed by atoms with E-state index in [0.29, 0.717) is 31.0 Å². The average molecular weight is 409 g/mol. The Balaban J connectivity index is 1.51. The molecule has 1 atom stereocenters. The van der Waals surface area contributed by atoms with Crippen LogP contribution in [0.3, 0.4) is 0 Å². The summed E-state index contributed by atoms with van der Waals surface area (Å²) in [5.74, 6) is 0.180. The number of hydrogen-bond donors (Lipinski definition) is 1. The molecule has 2 aliphatic heterocycles. The fourth-order valence-corrected chi connectivity index (χ4v) is 4.69. The molecular formula is C20H29FN4O2S. The van der Waals surface area contributed by atoms with Gasteiger partial charge in [-0.1, -0.05) is 18.2 Å². The van der Waals surface area contributed by atoms with Crippen LogP contribution >= 0.6 is 11.8 Å². The van der Waals surface area contributed by atoms with Crippen LogP contribution in [0, 0.1) is 5.82 Å². The first-order valence-electron chi connectivity index (χ1n) is 9.69. The lowest BCUT2D eigenvalue weighted by Crippen LogP contribution is -2.55. The Morgan fingerprint density at radius 2 is 1.86 bits per heavy atom. The van der Waals surface area contributed by atoms with E-state index < -0.39 is 0 Å². The molecule has 1 N–H and O–H groups in total. The molecule has 1 aromatic carbocycles. The molecule has 0 aromatic heterocycles. The van der Waals surface area contributed by atoms with Crippen molar-refractivity contribution in [3.63, 3.8) is 0 Å². The van der Waals surface area contributed by atoms with Crippen LogP contribution in [0.15, 0.2) is 24.3 Å². The van der Waals surface area contributed by atoms with Crippen LogP contribution in [-0.2, 0) is 4.79 Å². The Hall–Kier alpha value is -1.80. The molecule has 3 amide bonds. The minimum absolute atomic E-state index is 0.0297. The molecule has 2 heterocycles. The van der Waals surface area contributed by atoms with E-state index in [1.165, 1.54) is 17.8 Å². The summed E-state index contributed by atoms with van der Waals surface area (Å²) in [4.78, 5) is 30.5. The molecule has 0 radical (unpaired) electrons. The fraction of sp³-hybridized carbons (Fsp3) is 0.600. The van der Waals surface area contributed by atoms with E-state index in [1.807, 2.05) is 31.7 Å². The van der Waals surface area contributed by atoms with E-state index >= 15 is 0 Å². The highest BCUT2D eigenvalue weighted by Gasteiger charge is 2.34. The second-order valence-electron chi connectivity index (χ2n) is 8.28. The zero-order valence-corrected chi connectivity index (χ0v) is 17.6. The molecule has 0 bridgehead atoms. The van der Waals surface area contributed by atoms with Gasteiger partial charge in [0.05, 0.1) is 5.75 Å². The quantitative estimate of drug-likeness (QED) is 0.832. The van der Waals surface area contributed by atoms with Gasteiger partial charge in [0, 0.05) is 50.4 Å². The third kappa shape index (κ3) is 5.17. The third-order valence-electron chi connectivity index (χ3n) is 4.94. The second kappa shape index (κ2) is 8.69. The highest BCUT2D eigenvalue weighted by molar-refractivity contribution is 8.00. The zero-order chi connectivity index (χ0) is 20.3. The number of nitrogens with zero attached hydrogens (tertiary/aromatic N) is 3. The molecule has 28 heavy (non-hydrogen) atoms. The van der Waals surface area contributed by atoms with Crippen molar-refractivity contribution in [2.24, 2.45) is 0 Å². The molecule has 2 fully saturated rings. The number of rotatable bonds is 4. The number of urea groups is 1. The molecule has 1 aromatic rings. The van der Waals surface area contributed by atoms with Gasteiger partial charge in [0.15, 0.2) is 0 Å². The van der Waals surface area contributed by atoms with E-state index in [1.54, 1.807) is 17.0 Å². The molecule has 8 heteroatoms. The number of carbonyl (C=O) groups excluding carboxylic acids is 2. The monoisotopic (exact) mass is 408 g/mol. The van der Waals surface area contributed by atoms with Gasteiger partial charge in [0.25, 0.3) is 0 Å². The lowest BCUT2D eigenvalue weighted by Gasteiger charge is -2.37. The number of nitrogens with one attached hydrogen (secondary N) is 1. The summed E-state index contributed by atoms with van der Waals surface area (Å²) in [7, 11) is 0. The van der Waals surface area contributed by atoms with E-state index in [9.17, 15) is 14.0 Å². The molecule has 154 valence electrons. The Kier molecular flexibility index (Phi) is 6.50. The van der Waals surface area contributed by atoms with E-state index in [-0.39, 0.29) is 28.7 Å². The van der Waals surface area contributed by atoms with Gasteiger partial charge in [-0.2, -0.15) is 0 Å². The standard InChI is InChI=1S/C20H29FN4O2S/c1-20(2,3)22-19(27)24-11-8-23(9-12-24)10-13-25-17(26)14-28-18(25)15-6-4-5-7-16(15)21/h4-7,18H,8-14H2,1-3H3,(H,22,27). The minimum Gasteiger partial charge on any atom is -0.333 e. The molecular weight excluding hydrogens is 379 g/mol. The molecule has 2 aliphatic rings. The fourth-order valence-electron chi connectivity index (χ4n) is 3.45. The molecule has 1 unspecified atom stereocenters. The van der Waals surface area contributed by atoms with Crippen LogP contribution in [0.4, 0.5) is 9.18 Å². The number of carbonyl (C=O) groups is 2. The highest BCUT2D eigenvalue weighted by atomic mass is 32.2. The molecule has 0 saturated carbocycles. The maximum atomic E-state index is 14.2. The van der Waals surface area contributed by atoms with Crippen LogP contribution in [0.5, 0.6) is 0 Å². The van der Waals surface area contributed by atoms with Crippen LogP contribution in [0.2, 0.25) is 0 Å². The summed E-state index contributed by atoms with van der Waals surface area (Å²) in [5.41, 5.74) is 0.325. The van der Waals surface area contributed by atoms with Crippen molar-refractivity contribution in [2.75, 3.05) is 45.0 Å². The van der Waals surface area contributed by atoms with Gasteiger partial charge in [-0.15, -0.1) is 11.8 Å². The van der Waals surface area contributed by atoms with Crippen molar-refractivity contribution >= 4 is 23.7 Å². The lowest BCUT2D eigenvalue weighted by atomic mass is 10.1. The summed E-state index contributed by atoms with van der Waals surface area (Å²) in [6.07, 6.45) is 0. The smallest absolute Gasteiger partial charge is 0.317 e. The largest absolute Gasteiger partial charge is 0.333 e. The van der Waals surface area contributed by atoms with Gasteiger partial charge in [0.2, 0.25) is 5.91 Å². The number of piperazine rings is 1. The van der Waals surface area contributed by atoms with E-state index in [0.717, 1.165) is 19.6 Å². The number of halogens is 1. The Labute approximate surface area is 170 Å². The van der Waals surface area contributed by atoms with Crippen molar-refractivity contribution in [3.8, 4) is 0 Å². The average Bonchev–Trinajstić information content (AvgIpc) is 3.00. The lowest BCUT2D eigenvalue weighted by molar-refractivity contribution is -0.128. The first-order valence-corrected chi connectivity index (χ1v) is 10.7. The van der Waals surface area contributed by atoms with E-state index in [4.69, 9.17) is 0 Å². The normalized spacial score (nSPS) is 21.3. The molecule has 6 nitrogen and oxygen atoms in total. The highest BCUT2D eigenvalue weighted by Crippen LogP contribution is 2.39. The van der Waals surface area contributed by atoms with Crippen molar-refractivity contribution in [2.45, 2.75) is 31.7 Å². The Morgan fingerprint density at radius 1 is 1.18 bits per heavy atom. The number of hydrogen-bond acceptors (Lipinski definition) is 4. The van der Waals surface area contributed by atoms with Crippen molar-refractivity contribution < 1.29 is 14.0 Å². The summed E-state index contributed by atoms with van der Waals surface area (Å²) < 4.78 is 14.2. The molecule has 2 saturated heterocycles. The topological polar surface area (TPSA) is 55.9 Å². The Bertz CT molecular complexity index is 716. The maximum absolute atomic E-state index is 14.2. The van der Waals surface area contributed by atoms with E-state index in [2.05, 4.69) is 10.2 Å². The van der Waals surface area contributed by atoms with Crippen LogP contribution in [0.25, 0.3) is 0 Å². The third-order valence-corrected chi connectivity index (χ3v) is 6.18. The molecule has 0 aliphatic carbocycles. The number of amides is 3. The second-order valence-corrected chi connectivity index (χ2v) is 9.35. The molecule has 3 rings (SSSR count). The predicted molar refractivity (Wildman–Crippen MR) is 110 cm³/mol. The van der Waals surface area contributed by atoms with Crippen molar-refractivity contribution in [3.05, 3.63) is 35.6 Å². The minimum atomic E-state index is -0.266.